The van der Waals surface area contributed by atoms with Crippen molar-refractivity contribution >= 4 is 17.8 Å². The fraction of sp³-hybridized carbons (Fsp3) is 0.786. The number of nitrogens with zero attached hydrogens (tertiary/aromatic N) is 2. The number of hydrogen-bond donors (Lipinski definition) is 1. The number of carboxylic acids is 1. The standard InChI is InChI=1S/C14H22N2O4/c1-3-9(2)16-12(17)7-11(14(16)20)15-5-4-10(8-15)6-13(18)19/h9-11H,3-8H2,1-2H3,(H,18,19). The van der Waals surface area contributed by atoms with Crippen molar-refractivity contribution in [3.63, 3.8) is 0 Å². The fourth-order valence-corrected chi connectivity index (χ4v) is 3.12. The third-order valence-corrected chi connectivity index (χ3v) is 4.41. The van der Waals surface area contributed by atoms with Crippen LogP contribution in [0.5, 0.6) is 0 Å². The first kappa shape index (κ1) is 15.0. The van der Waals surface area contributed by atoms with Crippen LogP contribution in [0.15, 0.2) is 0 Å². The molecule has 112 valence electrons. The van der Waals surface area contributed by atoms with Crippen molar-refractivity contribution in [2.24, 2.45) is 5.92 Å². The highest BCUT2D eigenvalue weighted by molar-refractivity contribution is 6.05. The molecule has 2 fully saturated rings. The van der Waals surface area contributed by atoms with E-state index in [4.69, 9.17) is 5.11 Å². The molecule has 0 aromatic heterocycles. The van der Waals surface area contributed by atoms with Crippen LogP contribution in [-0.4, -0.2) is 57.9 Å². The number of hydrogen-bond acceptors (Lipinski definition) is 4. The fourth-order valence-electron chi connectivity index (χ4n) is 3.12. The van der Waals surface area contributed by atoms with Crippen LogP contribution in [0.3, 0.4) is 0 Å². The molecule has 0 saturated carbocycles. The van der Waals surface area contributed by atoms with Crippen molar-refractivity contribution in [1.29, 1.82) is 0 Å². The number of amides is 2. The summed E-state index contributed by atoms with van der Waals surface area (Å²) in [6, 6.07) is -0.437. The molecular formula is C14H22N2O4. The van der Waals surface area contributed by atoms with Gasteiger partial charge in [-0.05, 0) is 32.2 Å². The van der Waals surface area contributed by atoms with Gasteiger partial charge in [0, 0.05) is 19.0 Å². The molecule has 0 spiro atoms. The number of carbonyl (C=O) groups is 3. The van der Waals surface area contributed by atoms with Gasteiger partial charge in [0.25, 0.3) is 0 Å². The molecule has 0 aromatic rings. The van der Waals surface area contributed by atoms with E-state index in [1.54, 1.807) is 0 Å². The molecule has 0 aromatic carbocycles. The summed E-state index contributed by atoms with van der Waals surface area (Å²) < 4.78 is 0. The minimum absolute atomic E-state index is 0.0579. The lowest BCUT2D eigenvalue weighted by Crippen LogP contribution is -2.44. The number of imide groups is 1. The maximum Gasteiger partial charge on any atom is 0.303 e. The smallest absolute Gasteiger partial charge is 0.303 e. The number of carboxylic acid groups (broad SMARTS) is 1. The molecule has 2 aliphatic heterocycles. The van der Waals surface area contributed by atoms with Gasteiger partial charge in [-0.25, -0.2) is 0 Å². The van der Waals surface area contributed by atoms with E-state index >= 15 is 0 Å². The van der Waals surface area contributed by atoms with E-state index in [0.29, 0.717) is 13.1 Å². The first-order valence-corrected chi connectivity index (χ1v) is 7.25. The van der Waals surface area contributed by atoms with E-state index in [1.165, 1.54) is 4.90 Å². The Balaban J connectivity index is 1.99. The zero-order valence-electron chi connectivity index (χ0n) is 12.0. The molecule has 20 heavy (non-hydrogen) atoms. The van der Waals surface area contributed by atoms with Crippen molar-refractivity contribution in [3.8, 4) is 0 Å². The summed E-state index contributed by atoms with van der Waals surface area (Å²) in [7, 11) is 0. The molecule has 0 radical (unpaired) electrons. The number of likely N-dealkylation sites (tertiary alicyclic amines) is 2. The Morgan fingerprint density at radius 2 is 2.15 bits per heavy atom. The highest BCUT2D eigenvalue weighted by Gasteiger charge is 2.45. The largest absolute Gasteiger partial charge is 0.481 e. The second kappa shape index (κ2) is 5.91. The third-order valence-electron chi connectivity index (χ3n) is 4.41. The van der Waals surface area contributed by atoms with Crippen molar-refractivity contribution in [1.82, 2.24) is 9.80 Å². The lowest BCUT2D eigenvalue weighted by atomic mass is 10.1. The Morgan fingerprint density at radius 3 is 2.75 bits per heavy atom. The molecule has 3 unspecified atom stereocenters. The number of aliphatic carboxylic acids is 1. The lowest BCUT2D eigenvalue weighted by Gasteiger charge is -2.25. The van der Waals surface area contributed by atoms with Gasteiger partial charge in [-0.1, -0.05) is 6.92 Å². The van der Waals surface area contributed by atoms with Gasteiger partial charge in [-0.3, -0.25) is 24.2 Å². The van der Waals surface area contributed by atoms with Gasteiger partial charge in [0.05, 0.1) is 12.5 Å². The quantitative estimate of drug-likeness (QED) is 0.751. The molecular weight excluding hydrogens is 260 g/mol. The zero-order valence-corrected chi connectivity index (χ0v) is 12.0. The number of rotatable bonds is 5. The second-order valence-electron chi connectivity index (χ2n) is 5.83. The second-order valence-corrected chi connectivity index (χ2v) is 5.83. The van der Waals surface area contributed by atoms with E-state index in [9.17, 15) is 14.4 Å². The van der Waals surface area contributed by atoms with E-state index in [1.807, 2.05) is 18.7 Å². The van der Waals surface area contributed by atoms with Crippen molar-refractivity contribution < 1.29 is 19.5 Å². The summed E-state index contributed by atoms with van der Waals surface area (Å²) in [5, 5.41) is 8.82. The van der Waals surface area contributed by atoms with Gasteiger partial charge >= 0.3 is 5.97 Å². The van der Waals surface area contributed by atoms with Gasteiger partial charge < -0.3 is 5.11 Å². The maximum absolute atomic E-state index is 12.4. The molecule has 2 amide bonds. The summed E-state index contributed by atoms with van der Waals surface area (Å²) in [5.74, 6) is -0.920. The summed E-state index contributed by atoms with van der Waals surface area (Å²) in [5.41, 5.74) is 0. The summed E-state index contributed by atoms with van der Waals surface area (Å²) in [4.78, 5) is 38.5. The molecule has 3 atom stereocenters. The number of carbonyl (C=O) groups excluding carboxylic acids is 2. The normalized spacial score (nSPS) is 29.2. The predicted molar refractivity (Wildman–Crippen MR) is 71.9 cm³/mol. The zero-order chi connectivity index (χ0) is 14.9. The van der Waals surface area contributed by atoms with Crippen LogP contribution in [0.25, 0.3) is 0 Å². The Morgan fingerprint density at radius 1 is 1.45 bits per heavy atom. The minimum atomic E-state index is -0.799. The van der Waals surface area contributed by atoms with E-state index in [0.717, 1.165) is 12.8 Å². The molecule has 0 aliphatic carbocycles. The maximum atomic E-state index is 12.4. The summed E-state index contributed by atoms with van der Waals surface area (Å²) in [6.07, 6.45) is 1.92. The molecule has 6 heteroatoms. The summed E-state index contributed by atoms with van der Waals surface area (Å²) in [6.45, 7) is 5.15. The highest BCUT2D eigenvalue weighted by atomic mass is 16.4. The third kappa shape index (κ3) is 2.85. The Kier molecular flexibility index (Phi) is 4.42. The van der Waals surface area contributed by atoms with Crippen LogP contribution in [-0.2, 0) is 14.4 Å². The van der Waals surface area contributed by atoms with Gasteiger partial charge in [0.2, 0.25) is 11.8 Å². The minimum Gasteiger partial charge on any atom is -0.481 e. The molecule has 2 saturated heterocycles. The van der Waals surface area contributed by atoms with E-state index in [2.05, 4.69) is 0 Å². The highest BCUT2D eigenvalue weighted by Crippen LogP contribution is 2.28. The summed E-state index contributed by atoms with van der Waals surface area (Å²) >= 11 is 0. The predicted octanol–water partition coefficient (Wildman–Crippen LogP) is 0.709. The van der Waals surface area contributed by atoms with Crippen molar-refractivity contribution in [2.45, 2.75) is 51.6 Å². The van der Waals surface area contributed by atoms with Crippen LogP contribution in [0, 0.1) is 5.92 Å². The van der Waals surface area contributed by atoms with Crippen LogP contribution in [0.1, 0.15) is 39.5 Å². The van der Waals surface area contributed by atoms with Crippen LogP contribution in [0.4, 0.5) is 0 Å². The van der Waals surface area contributed by atoms with Gasteiger partial charge in [0.1, 0.15) is 0 Å². The Hall–Kier alpha value is -1.43. The van der Waals surface area contributed by atoms with E-state index in [-0.39, 0.29) is 42.7 Å². The van der Waals surface area contributed by atoms with Crippen molar-refractivity contribution in [3.05, 3.63) is 0 Å². The van der Waals surface area contributed by atoms with Crippen molar-refractivity contribution in [2.75, 3.05) is 13.1 Å². The molecule has 2 aliphatic rings. The first-order valence-electron chi connectivity index (χ1n) is 7.25. The van der Waals surface area contributed by atoms with Crippen LogP contribution in [0.2, 0.25) is 0 Å². The lowest BCUT2D eigenvalue weighted by molar-refractivity contribution is -0.142. The van der Waals surface area contributed by atoms with Crippen LogP contribution < -0.4 is 0 Å². The topological polar surface area (TPSA) is 77.9 Å². The first-order chi connectivity index (χ1) is 9.43. The van der Waals surface area contributed by atoms with Gasteiger partial charge in [0.15, 0.2) is 0 Å². The van der Waals surface area contributed by atoms with Gasteiger partial charge in [-0.2, -0.15) is 0 Å². The SMILES string of the molecule is CCC(C)N1C(=O)CC(N2CCC(CC(=O)O)C2)C1=O. The monoisotopic (exact) mass is 282 g/mol. The molecule has 6 nitrogen and oxygen atoms in total. The average molecular weight is 282 g/mol. The molecule has 1 N–H and O–H groups in total. The average Bonchev–Trinajstić information content (AvgIpc) is 2.93. The molecule has 2 heterocycles. The Labute approximate surface area is 118 Å². The molecule has 0 bridgehead atoms. The Bertz CT molecular complexity index is 423. The van der Waals surface area contributed by atoms with E-state index < -0.39 is 5.97 Å². The van der Waals surface area contributed by atoms with Gasteiger partial charge in [-0.15, -0.1) is 0 Å². The van der Waals surface area contributed by atoms with Crippen LogP contribution >= 0.6 is 0 Å². The molecule has 2 rings (SSSR count).